The summed E-state index contributed by atoms with van der Waals surface area (Å²) >= 11 is 0. The molecule has 0 saturated heterocycles. The second-order valence-electron chi connectivity index (χ2n) is 10.4. The van der Waals surface area contributed by atoms with Crippen molar-refractivity contribution in [1.29, 1.82) is 0 Å². The van der Waals surface area contributed by atoms with Gasteiger partial charge in [0.05, 0.1) is 6.61 Å². The molecule has 0 spiro atoms. The summed E-state index contributed by atoms with van der Waals surface area (Å²) in [6, 6.07) is 0. The Morgan fingerprint density at radius 3 is 1.84 bits per heavy atom. The molecule has 0 amide bonds. The van der Waals surface area contributed by atoms with Crippen molar-refractivity contribution in [3.05, 3.63) is 12.2 Å². The number of unbranched alkanes of at least 4 members (excludes halogenated alkanes) is 10. The second kappa shape index (κ2) is 17.3. The van der Waals surface area contributed by atoms with E-state index in [2.05, 4.69) is 19.1 Å². The summed E-state index contributed by atoms with van der Waals surface area (Å²) in [7, 11) is 0. The second-order valence-corrected chi connectivity index (χ2v) is 10.4. The number of hydrogen-bond acceptors (Lipinski definition) is 4. The number of Topliss-reactive ketones (excluding diaryl/α,β-unsaturated/α-hetero) is 1. The summed E-state index contributed by atoms with van der Waals surface area (Å²) in [5, 5.41) is 11.0. The Bertz CT molecular complexity index is 536. The van der Waals surface area contributed by atoms with Crippen molar-refractivity contribution in [3.63, 3.8) is 0 Å². The lowest BCUT2D eigenvalue weighted by molar-refractivity contribution is -0.176. The molecule has 0 aliphatic rings. The van der Waals surface area contributed by atoms with Crippen LogP contribution in [0.2, 0.25) is 0 Å². The molecule has 4 heteroatoms. The van der Waals surface area contributed by atoms with Gasteiger partial charge in [0.1, 0.15) is 0 Å². The smallest absolute Gasteiger partial charge is 0.346 e. The van der Waals surface area contributed by atoms with Gasteiger partial charge in [-0.2, -0.15) is 0 Å². The zero-order valence-corrected chi connectivity index (χ0v) is 22.0. The summed E-state index contributed by atoms with van der Waals surface area (Å²) < 4.78 is 5.03. The van der Waals surface area contributed by atoms with Crippen LogP contribution in [-0.4, -0.2) is 29.1 Å². The largest absolute Gasteiger partial charge is 0.464 e. The van der Waals surface area contributed by atoms with Gasteiger partial charge in [0, 0.05) is 5.41 Å². The number of aliphatic hydroxyl groups is 1. The minimum absolute atomic E-state index is 0.0123. The molecule has 1 unspecified atom stereocenters. The summed E-state index contributed by atoms with van der Waals surface area (Å²) in [5.41, 5.74) is -2.80. The Labute approximate surface area is 198 Å². The van der Waals surface area contributed by atoms with Crippen LogP contribution in [0.1, 0.15) is 131 Å². The lowest BCUT2D eigenvalue weighted by Crippen LogP contribution is -2.54. The van der Waals surface area contributed by atoms with Crippen molar-refractivity contribution in [1.82, 2.24) is 0 Å². The van der Waals surface area contributed by atoms with Crippen molar-refractivity contribution in [2.24, 2.45) is 11.3 Å². The van der Waals surface area contributed by atoms with Crippen molar-refractivity contribution in [3.8, 4) is 0 Å². The average Bonchev–Trinajstić information content (AvgIpc) is 2.73. The first-order chi connectivity index (χ1) is 15.1. The molecule has 1 N–H and O–H groups in total. The Morgan fingerprint density at radius 2 is 1.34 bits per heavy atom. The molecular weight excluding hydrogens is 400 g/mol. The summed E-state index contributed by atoms with van der Waals surface area (Å²) in [6.45, 7) is 11.6. The van der Waals surface area contributed by atoms with Gasteiger partial charge in [-0.15, -0.1) is 0 Å². The monoisotopic (exact) mass is 452 g/mol. The molecule has 0 saturated carbocycles. The fourth-order valence-electron chi connectivity index (χ4n) is 4.24. The van der Waals surface area contributed by atoms with E-state index < -0.39 is 22.8 Å². The lowest BCUT2D eigenvalue weighted by atomic mass is 9.72. The molecule has 0 rings (SSSR count). The molecule has 188 valence electrons. The Hall–Kier alpha value is -1.16. The number of ketones is 1. The molecule has 0 radical (unpaired) electrons. The van der Waals surface area contributed by atoms with Crippen molar-refractivity contribution < 1.29 is 19.4 Å². The van der Waals surface area contributed by atoms with Gasteiger partial charge in [0.2, 0.25) is 5.60 Å². The van der Waals surface area contributed by atoms with Crippen LogP contribution in [0.5, 0.6) is 0 Å². The number of ether oxygens (including phenoxy) is 1. The maximum atomic E-state index is 13.1. The standard InChI is InChI=1S/C28H52O4/c1-7-9-10-11-12-13-14-15-16-17-18-19-20-21-22-27(5,6)25(29)28(31,23-24(3)4)26(30)32-8-2/h15-16,24,31H,7-14,17-23H2,1-6H3. The third kappa shape index (κ3) is 12.8. The van der Waals surface area contributed by atoms with E-state index >= 15 is 0 Å². The van der Waals surface area contributed by atoms with E-state index in [4.69, 9.17) is 4.74 Å². The maximum Gasteiger partial charge on any atom is 0.346 e. The normalized spacial score (nSPS) is 14.1. The molecule has 0 aromatic rings. The van der Waals surface area contributed by atoms with Crippen LogP contribution >= 0.6 is 0 Å². The number of rotatable bonds is 20. The van der Waals surface area contributed by atoms with Crippen LogP contribution in [0.3, 0.4) is 0 Å². The first kappa shape index (κ1) is 30.8. The molecule has 4 nitrogen and oxygen atoms in total. The number of esters is 1. The van der Waals surface area contributed by atoms with Crippen molar-refractivity contribution >= 4 is 11.8 Å². The zero-order chi connectivity index (χ0) is 24.5. The third-order valence-electron chi connectivity index (χ3n) is 6.12. The van der Waals surface area contributed by atoms with Crippen LogP contribution < -0.4 is 0 Å². The van der Waals surface area contributed by atoms with E-state index in [0.29, 0.717) is 6.42 Å². The molecule has 0 bridgehead atoms. The fourth-order valence-corrected chi connectivity index (χ4v) is 4.24. The summed E-state index contributed by atoms with van der Waals surface area (Å²) in [6.07, 6.45) is 20.1. The molecule has 1 atom stereocenters. The van der Waals surface area contributed by atoms with Crippen LogP contribution in [0, 0.1) is 11.3 Å². The van der Waals surface area contributed by atoms with E-state index in [1.165, 1.54) is 51.4 Å². The predicted octanol–water partition coefficient (Wildman–Crippen LogP) is 7.57. The molecule has 0 heterocycles. The van der Waals surface area contributed by atoms with Gasteiger partial charge in [0.25, 0.3) is 0 Å². The Morgan fingerprint density at radius 1 is 0.844 bits per heavy atom. The van der Waals surface area contributed by atoms with Crippen LogP contribution in [0.15, 0.2) is 12.2 Å². The predicted molar refractivity (Wildman–Crippen MR) is 135 cm³/mol. The molecule has 0 aliphatic carbocycles. The highest BCUT2D eigenvalue weighted by molar-refractivity contribution is 6.09. The topological polar surface area (TPSA) is 63.6 Å². The Balaban J connectivity index is 4.23. The highest BCUT2D eigenvalue weighted by Crippen LogP contribution is 2.34. The van der Waals surface area contributed by atoms with Gasteiger partial charge in [-0.25, -0.2) is 4.79 Å². The van der Waals surface area contributed by atoms with E-state index in [0.717, 1.165) is 25.7 Å². The first-order valence-electron chi connectivity index (χ1n) is 13.2. The van der Waals surface area contributed by atoms with Crippen molar-refractivity contribution in [2.75, 3.05) is 6.61 Å². The van der Waals surface area contributed by atoms with Crippen LogP contribution in [-0.2, 0) is 14.3 Å². The van der Waals surface area contributed by atoms with Gasteiger partial charge in [0.15, 0.2) is 5.78 Å². The van der Waals surface area contributed by atoms with Gasteiger partial charge in [-0.05, 0) is 51.4 Å². The molecule has 0 aromatic carbocycles. The number of carbonyl (C=O) groups excluding carboxylic acids is 2. The maximum absolute atomic E-state index is 13.1. The highest BCUT2D eigenvalue weighted by atomic mass is 16.5. The number of hydrogen-bond donors (Lipinski definition) is 1. The number of carbonyl (C=O) groups is 2. The van der Waals surface area contributed by atoms with Gasteiger partial charge >= 0.3 is 5.97 Å². The first-order valence-corrected chi connectivity index (χ1v) is 13.2. The third-order valence-corrected chi connectivity index (χ3v) is 6.12. The number of allylic oxidation sites excluding steroid dienone is 2. The molecule has 0 aliphatic heterocycles. The Kier molecular flexibility index (Phi) is 16.7. The van der Waals surface area contributed by atoms with Crippen LogP contribution in [0.4, 0.5) is 0 Å². The van der Waals surface area contributed by atoms with E-state index in [1.807, 2.05) is 27.7 Å². The minimum Gasteiger partial charge on any atom is -0.464 e. The van der Waals surface area contributed by atoms with E-state index in [1.54, 1.807) is 6.92 Å². The lowest BCUT2D eigenvalue weighted by Gasteiger charge is -2.34. The SMILES string of the molecule is CCCCCCCCC=CCCCCCCC(C)(C)C(=O)C(O)(CC(C)C)C(=O)OCC. The molecule has 32 heavy (non-hydrogen) atoms. The van der Waals surface area contributed by atoms with Gasteiger partial charge in [-0.3, -0.25) is 4.79 Å². The minimum atomic E-state index is -2.05. The molecule has 0 aromatic heterocycles. The van der Waals surface area contributed by atoms with Gasteiger partial charge in [-0.1, -0.05) is 98.1 Å². The van der Waals surface area contributed by atoms with Crippen molar-refractivity contribution in [2.45, 2.75) is 137 Å². The summed E-state index contributed by atoms with van der Waals surface area (Å²) in [4.78, 5) is 25.5. The highest BCUT2D eigenvalue weighted by Gasteiger charge is 2.51. The molecular formula is C28H52O4. The van der Waals surface area contributed by atoms with E-state index in [9.17, 15) is 14.7 Å². The molecule has 0 fully saturated rings. The average molecular weight is 453 g/mol. The van der Waals surface area contributed by atoms with Gasteiger partial charge < -0.3 is 9.84 Å². The summed E-state index contributed by atoms with van der Waals surface area (Å²) in [5.74, 6) is -1.20. The van der Waals surface area contributed by atoms with E-state index in [-0.39, 0.29) is 18.9 Å². The quantitative estimate of drug-likeness (QED) is 0.0895. The zero-order valence-electron chi connectivity index (χ0n) is 22.0. The van der Waals surface area contributed by atoms with Crippen LogP contribution in [0.25, 0.3) is 0 Å². The fraction of sp³-hybridized carbons (Fsp3) is 0.857.